The SMILES string of the molecule is CCCC1CCC(NC)C(S(=O)c2ccc(F)cc2F)C1. The van der Waals surface area contributed by atoms with Crippen LogP contribution in [0.25, 0.3) is 0 Å². The molecule has 1 fully saturated rings. The molecule has 21 heavy (non-hydrogen) atoms. The zero-order valence-corrected chi connectivity index (χ0v) is 13.4. The van der Waals surface area contributed by atoms with Crippen molar-refractivity contribution in [2.24, 2.45) is 5.92 Å². The molecule has 0 aliphatic heterocycles. The van der Waals surface area contributed by atoms with E-state index in [2.05, 4.69) is 12.2 Å². The van der Waals surface area contributed by atoms with Gasteiger partial charge in [0.2, 0.25) is 0 Å². The number of nitrogens with one attached hydrogen (secondary N) is 1. The third-order valence-electron chi connectivity index (χ3n) is 4.35. The van der Waals surface area contributed by atoms with Gasteiger partial charge in [0.15, 0.2) is 0 Å². The van der Waals surface area contributed by atoms with Crippen molar-refractivity contribution in [3.8, 4) is 0 Å². The normalized spacial score (nSPS) is 27.5. The first-order valence-electron chi connectivity index (χ1n) is 7.59. The summed E-state index contributed by atoms with van der Waals surface area (Å²) in [5.74, 6) is -0.788. The molecule has 1 saturated carbocycles. The highest BCUT2D eigenvalue weighted by molar-refractivity contribution is 7.85. The Balaban J connectivity index is 2.21. The molecule has 1 aliphatic rings. The summed E-state index contributed by atoms with van der Waals surface area (Å²) in [6.45, 7) is 2.15. The van der Waals surface area contributed by atoms with Crippen LogP contribution in [0, 0.1) is 17.6 Å². The average molecular weight is 315 g/mol. The molecular weight excluding hydrogens is 292 g/mol. The van der Waals surface area contributed by atoms with Gasteiger partial charge in [0, 0.05) is 12.1 Å². The molecule has 1 N–H and O–H groups in total. The number of benzene rings is 1. The fraction of sp³-hybridized carbons (Fsp3) is 0.625. The van der Waals surface area contributed by atoms with Crippen LogP contribution in [0.1, 0.15) is 39.0 Å². The maximum atomic E-state index is 13.9. The summed E-state index contributed by atoms with van der Waals surface area (Å²) in [7, 11) is 0.409. The molecule has 1 aromatic carbocycles. The lowest BCUT2D eigenvalue weighted by atomic mass is 9.83. The molecule has 1 aliphatic carbocycles. The van der Waals surface area contributed by atoms with E-state index in [0.29, 0.717) is 5.92 Å². The van der Waals surface area contributed by atoms with Gasteiger partial charge in [-0.15, -0.1) is 0 Å². The molecule has 0 bridgehead atoms. The van der Waals surface area contributed by atoms with Crippen molar-refractivity contribution >= 4 is 10.8 Å². The van der Waals surface area contributed by atoms with Crippen LogP contribution in [0.15, 0.2) is 23.1 Å². The molecule has 0 amide bonds. The highest BCUT2D eigenvalue weighted by Crippen LogP contribution is 2.33. The predicted octanol–water partition coefficient (Wildman–Crippen LogP) is 3.63. The van der Waals surface area contributed by atoms with E-state index in [0.717, 1.165) is 38.2 Å². The molecule has 4 unspecified atom stereocenters. The van der Waals surface area contributed by atoms with E-state index in [1.807, 2.05) is 7.05 Å². The zero-order chi connectivity index (χ0) is 15.4. The Morgan fingerprint density at radius 1 is 1.33 bits per heavy atom. The van der Waals surface area contributed by atoms with Gasteiger partial charge in [-0.05, 0) is 44.4 Å². The molecule has 0 heterocycles. The Labute approximate surface area is 127 Å². The van der Waals surface area contributed by atoms with E-state index in [1.54, 1.807) is 0 Å². The number of hydrogen-bond donors (Lipinski definition) is 1. The summed E-state index contributed by atoms with van der Waals surface area (Å²) in [5, 5.41) is 3.10. The van der Waals surface area contributed by atoms with Gasteiger partial charge in [0.25, 0.3) is 0 Å². The number of halogens is 2. The van der Waals surface area contributed by atoms with Gasteiger partial charge in [0.05, 0.1) is 20.9 Å². The van der Waals surface area contributed by atoms with Crippen LogP contribution >= 0.6 is 0 Å². The van der Waals surface area contributed by atoms with Crippen molar-refractivity contribution in [3.05, 3.63) is 29.8 Å². The Morgan fingerprint density at radius 3 is 2.71 bits per heavy atom. The smallest absolute Gasteiger partial charge is 0.142 e. The molecule has 0 spiro atoms. The van der Waals surface area contributed by atoms with Crippen LogP contribution in [0.2, 0.25) is 0 Å². The Bertz CT molecular complexity index is 509. The van der Waals surface area contributed by atoms with Crippen LogP contribution in [0.4, 0.5) is 8.78 Å². The van der Waals surface area contributed by atoms with E-state index in [-0.39, 0.29) is 16.2 Å². The van der Waals surface area contributed by atoms with Crippen molar-refractivity contribution in [2.45, 2.75) is 55.2 Å². The van der Waals surface area contributed by atoms with Gasteiger partial charge in [-0.1, -0.05) is 19.8 Å². The molecule has 0 radical (unpaired) electrons. The molecule has 2 rings (SSSR count). The summed E-state index contributed by atoms with van der Waals surface area (Å²) >= 11 is 0. The van der Waals surface area contributed by atoms with Gasteiger partial charge in [-0.25, -0.2) is 8.78 Å². The molecule has 118 valence electrons. The van der Waals surface area contributed by atoms with Crippen LogP contribution < -0.4 is 5.32 Å². The second-order valence-electron chi connectivity index (χ2n) is 5.77. The van der Waals surface area contributed by atoms with E-state index in [4.69, 9.17) is 0 Å². The van der Waals surface area contributed by atoms with Gasteiger partial charge >= 0.3 is 0 Å². The first kappa shape index (κ1) is 16.6. The summed E-state index contributed by atoms with van der Waals surface area (Å²) in [6.07, 6.45) is 5.15. The largest absolute Gasteiger partial charge is 0.316 e. The van der Waals surface area contributed by atoms with Crippen molar-refractivity contribution < 1.29 is 13.0 Å². The van der Waals surface area contributed by atoms with Crippen molar-refractivity contribution in [1.82, 2.24) is 5.32 Å². The fourth-order valence-corrected chi connectivity index (χ4v) is 5.05. The predicted molar refractivity (Wildman–Crippen MR) is 81.7 cm³/mol. The summed E-state index contributed by atoms with van der Waals surface area (Å²) in [6, 6.07) is 3.44. The standard InChI is InChI=1S/C16H23F2NOS/c1-3-4-11-5-7-14(19-2)16(9-11)21(20)15-8-6-12(17)10-13(15)18/h6,8,10-11,14,16,19H,3-5,7,9H2,1-2H3. The lowest BCUT2D eigenvalue weighted by Crippen LogP contribution is -2.45. The monoisotopic (exact) mass is 315 g/mol. The topological polar surface area (TPSA) is 29.1 Å². The highest BCUT2D eigenvalue weighted by atomic mass is 32.2. The third kappa shape index (κ3) is 3.89. The van der Waals surface area contributed by atoms with Gasteiger partial charge < -0.3 is 5.32 Å². The Hall–Kier alpha value is -0.810. The Kier molecular flexibility index (Phi) is 5.88. The molecule has 0 aromatic heterocycles. The van der Waals surface area contributed by atoms with Crippen LogP contribution in [-0.4, -0.2) is 22.5 Å². The van der Waals surface area contributed by atoms with E-state index in [9.17, 15) is 13.0 Å². The van der Waals surface area contributed by atoms with Crippen LogP contribution in [0.3, 0.4) is 0 Å². The van der Waals surface area contributed by atoms with Crippen LogP contribution in [-0.2, 0) is 10.8 Å². The minimum absolute atomic E-state index is 0.111. The second-order valence-corrected chi connectivity index (χ2v) is 7.41. The van der Waals surface area contributed by atoms with E-state index in [1.165, 1.54) is 12.1 Å². The van der Waals surface area contributed by atoms with Gasteiger partial charge in [-0.2, -0.15) is 0 Å². The van der Waals surface area contributed by atoms with Crippen molar-refractivity contribution in [2.75, 3.05) is 7.05 Å². The van der Waals surface area contributed by atoms with Crippen molar-refractivity contribution in [1.29, 1.82) is 0 Å². The van der Waals surface area contributed by atoms with Gasteiger partial charge in [-0.3, -0.25) is 4.21 Å². The first-order chi connectivity index (χ1) is 10.1. The minimum atomic E-state index is -1.45. The number of rotatable bonds is 5. The van der Waals surface area contributed by atoms with E-state index >= 15 is 0 Å². The van der Waals surface area contributed by atoms with E-state index < -0.39 is 22.4 Å². The maximum Gasteiger partial charge on any atom is 0.142 e. The molecule has 0 saturated heterocycles. The second kappa shape index (κ2) is 7.45. The van der Waals surface area contributed by atoms with Crippen LogP contribution in [0.5, 0.6) is 0 Å². The molecule has 2 nitrogen and oxygen atoms in total. The summed E-state index contributed by atoms with van der Waals surface area (Å²) < 4.78 is 39.6. The lowest BCUT2D eigenvalue weighted by molar-refractivity contribution is 0.292. The summed E-state index contributed by atoms with van der Waals surface area (Å²) in [4.78, 5) is 0.124. The summed E-state index contributed by atoms with van der Waals surface area (Å²) in [5.41, 5.74) is 0. The van der Waals surface area contributed by atoms with Gasteiger partial charge in [0.1, 0.15) is 11.6 Å². The molecular formula is C16H23F2NOS. The number of hydrogen-bond acceptors (Lipinski definition) is 2. The molecule has 1 aromatic rings. The first-order valence-corrected chi connectivity index (χ1v) is 8.81. The average Bonchev–Trinajstić information content (AvgIpc) is 2.47. The zero-order valence-electron chi connectivity index (χ0n) is 12.6. The highest BCUT2D eigenvalue weighted by Gasteiger charge is 2.34. The Morgan fingerprint density at radius 2 is 2.10 bits per heavy atom. The van der Waals surface area contributed by atoms with Crippen molar-refractivity contribution in [3.63, 3.8) is 0 Å². The third-order valence-corrected chi connectivity index (χ3v) is 6.19. The molecule has 5 heteroatoms. The fourth-order valence-electron chi connectivity index (χ4n) is 3.25. The molecule has 4 atom stereocenters. The quantitative estimate of drug-likeness (QED) is 0.899. The maximum absolute atomic E-state index is 13.9. The lowest BCUT2D eigenvalue weighted by Gasteiger charge is -2.35. The minimum Gasteiger partial charge on any atom is -0.316 e.